The average Bonchev–Trinajstić information content (AvgIpc) is 3.20. The molecular formula is C26H28N2O2. The highest BCUT2D eigenvalue weighted by molar-refractivity contribution is 5.87. The Morgan fingerprint density at radius 1 is 0.867 bits per heavy atom. The van der Waals surface area contributed by atoms with Crippen LogP contribution in [0.25, 0.3) is 0 Å². The van der Waals surface area contributed by atoms with Crippen LogP contribution in [0, 0.1) is 0 Å². The van der Waals surface area contributed by atoms with E-state index in [1.54, 1.807) is 0 Å². The lowest BCUT2D eigenvalue weighted by molar-refractivity contribution is -0.122. The topological polar surface area (TPSA) is 52.6 Å². The molecule has 4 heteroatoms. The van der Waals surface area contributed by atoms with Gasteiger partial charge in [0.15, 0.2) is 0 Å². The van der Waals surface area contributed by atoms with Crippen LogP contribution in [0.3, 0.4) is 0 Å². The summed E-state index contributed by atoms with van der Waals surface area (Å²) < 4.78 is 0. The molecule has 3 aromatic carbocycles. The van der Waals surface area contributed by atoms with Crippen LogP contribution in [0.1, 0.15) is 35.1 Å². The molecule has 1 aliphatic rings. The van der Waals surface area contributed by atoms with Crippen molar-refractivity contribution in [1.29, 1.82) is 0 Å². The van der Waals surface area contributed by atoms with E-state index in [2.05, 4.69) is 22.3 Å². The Morgan fingerprint density at radius 2 is 1.37 bits per heavy atom. The Bertz CT molecular complexity index is 892. The van der Waals surface area contributed by atoms with Gasteiger partial charge in [-0.3, -0.25) is 9.69 Å². The minimum atomic E-state index is -0.372. The molecule has 3 aromatic rings. The van der Waals surface area contributed by atoms with Crippen LogP contribution in [0.4, 0.5) is 0 Å². The van der Waals surface area contributed by atoms with Gasteiger partial charge in [-0.2, -0.15) is 0 Å². The summed E-state index contributed by atoms with van der Waals surface area (Å²) in [5, 5.41) is 13.2. The molecule has 2 atom stereocenters. The first-order chi connectivity index (χ1) is 14.7. The summed E-state index contributed by atoms with van der Waals surface area (Å²) in [5.41, 5.74) is 3.03. The van der Waals surface area contributed by atoms with Crippen LogP contribution in [0.5, 0.6) is 0 Å². The number of aliphatic hydroxyl groups is 1. The Kier molecular flexibility index (Phi) is 6.57. The molecule has 1 amide bonds. The summed E-state index contributed by atoms with van der Waals surface area (Å²) in [7, 11) is 0. The van der Waals surface area contributed by atoms with Crippen LogP contribution < -0.4 is 5.32 Å². The van der Waals surface area contributed by atoms with Gasteiger partial charge in [0.05, 0.1) is 18.1 Å². The predicted molar refractivity (Wildman–Crippen MR) is 119 cm³/mol. The van der Waals surface area contributed by atoms with Crippen molar-refractivity contribution < 1.29 is 9.90 Å². The molecule has 4 nitrogen and oxygen atoms in total. The van der Waals surface area contributed by atoms with E-state index in [1.807, 2.05) is 78.9 Å². The number of likely N-dealkylation sites (tertiary alicyclic amines) is 1. The summed E-state index contributed by atoms with van der Waals surface area (Å²) >= 11 is 0. The number of β-amino-alcohol motifs (C(OH)–C–C–N with tert-alkyl or cyclic N) is 1. The maximum absolute atomic E-state index is 13.6. The lowest BCUT2D eigenvalue weighted by Gasteiger charge is -2.27. The molecule has 0 saturated carbocycles. The Hall–Kier alpha value is -2.95. The van der Waals surface area contributed by atoms with Crippen LogP contribution in [-0.4, -0.2) is 41.7 Å². The van der Waals surface area contributed by atoms with Crippen molar-refractivity contribution in [1.82, 2.24) is 10.2 Å². The fraction of sp³-hybridized carbons (Fsp3) is 0.269. The first-order valence-electron chi connectivity index (χ1n) is 10.6. The molecule has 0 bridgehead atoms. The van der Waals surface area contributed by atoms with Crippen LogP contribution in [-0.2, 0) is 4.79 Å². The maximum Gasteiger partial charge on any atom is 0.232 e. The second kappa shape index (κ2) is 9.70. The normalized spacial score (nSPS) is 17.7. The molecule has 1 aliphatic heterocycles. The van der Waals surface area contributed by atoms with Crippen molar-refractivity contribution in [3.63, 3.8) is 0 Å². The zero-order chi connectivity index (χ0) is 20.8. The van der Waals surface area contributed by atoms with Crippen molar-refractivity contribution in [3.8, 4) is 0 Å². The van der Waals surface area contributed by atoms with E-state index in [0.717, 1.165) is 29.7 Å². The smallest absolute Gasteiger partial charge is 0.232 e. The first-order valence-corrected chi connectivity index (χ1v) is 10.6. The van der Waals surface area contributed by atoms with E-state index in [9.17, 15) is 9.90 Å². The molecule has 0 aromatic heterocycles. The fourth-order valence-corrected chi connectivity index (χ4v) is 4.20. The number of aliphatic hydroxyl groups excluding tert-OH is 1. The Morgan fingerprint density at radius 3 is 1.83 bits per heavy atom. The van der Waals surface area contributed by atoms with Gasteiger partial charge in [0.25, 0.3) is 0 Å². The third-order valence-electron chi connectivity index (χ3n) is 5.73. The number of hydrogen-bond donors (Lipinski definition) is 2. The maximum atomic E-state index is 13.6. The molecule has 1 saturated heterocycles. The van der Waals surface area contributed by atoms with Gasteiger partial charge >= 0.3 is 0 Å². The summed E-state index contributed by atoms with van der Waals surface area (Å²) in [4.78, 5) is 15.8. The van der Waals surface area contributed by atoms with E-state index in [1.165, 1.54) is 0 Å². The highest BCUT2D eigenvalue weighted by Gasteiger charge is 2.28. The summed E-state index contributed by atoms with van der Waals surface area (Å²) in [6.45, 7) is 2.18. The quantitative estimate of drug-likeness (QED) is 0.635. The summed E-state index contributed by atoms with van der Waals surface area (Å²) in [5.74, 6) is -0.385. The number of hydrogen-bond acceptors (Lipinski definition) is 3. The number of amides is 1. The van der Waals surface area contributed by atoms with Gasteiger partial charge in [0.2, 0.25) is 5.91 Å². The molecule has 1 heterocycles. The first kappa shape index (κ1) is 20.3. The van der Waals surface area contributed by atoms with E-state index >= 15 is 0 Å². The van der Waals surface area contributed by atoms with Gasteiger partial charge in [0.1, 0.15) is 0 Å². The lowest BCUT2D eigenvalue weighted by Crippen LogP contribution is -2.39. The van der Waals surface area contributed by atoms with E-state index in [4.69, 9.17) is 0 Å². The van der Waals surface area contributed by atoms with Crippen LogP contribution in [0.15, 0.2) is 91.0 Å². The van der Waals surface area contributed by atoms with Gasteiger partial charge < -0.3 is 10.4 Å². The van der Waals surface area contributed by atoms with Gasteiger partial charge in [-0.25, -0.2) is 0 Å². The molecule has 2 N–H and O–H groups in total. The fourth-order valence-electron chi connectivity index (χ4n) is 4.20. The summed E-state index contributed by atoms with van der Waals surface area (Å²) in [6.07, 6.45) is 0.505. The van der Waals surface area contributed by atoms with Crippen LogP contribution in [0.2, 0.25) is 0 Å². The summed E-state index contributed by atoms with van der Waals surface area (Å²) in [6, 6.07) is 29.8. The zero-order valence-electron chi connectivity index (χ0n) is 17.0. The monoisotopic (exact) mass is 400 g/mol. The second-order valence-corrected chi connectivity index (χ2v) is 7.93. The van der Waals surface area contributed by atoms with Gasteiger partial charge in [-0.1, -0.05) is 91.0 Å². The molecule has 0 aliphatic carbocycles. The number of nitrogens with zero attached hydrogens (tertiary/aromatic N) is 1. The molecule has 1 fully saturated rings. The molecule has 0 spiro atoms. The zero-order valence-corrected chi connectivity index (χ0v) is 17.0. The number of carbonyl (C=O) groups excluding carboxylic acids is 1. The minimum absolute atomic E-state index is 0.0130. The van der Waals surface area contributed by atoms with Gasteiger partial charge in [0, 0.05) is 19.6 Å². The van der Waals surface area contributed by atoms with Gasteiger partial charge in [-0.05, 0) is 23.1 Å². The van der Waals surface area contributed by atoms with Crippen molar-refractivity contribution in [2.75, 3.05) is 19.6 Å². The molecular weight excluding hydrogens is 372 g/mol. The lowest BCUT2D eigenvalue weighted by atomic mass is 9.90. The number of nitrogens with one attached hydrogen (secondary N) is 1. The minimum Gasteiger partial charge on any atom is -0.392 e. The van der Waals surface area contributed by atoms with E-state index in [-0.39, 0.29) is 24.0 Å². The average molecular weight is 401 g/mol. The predicted octanol–water partition coefficient (Wildman–Crippen LogP) is 3.74. The SMILES string of the molecule is O=C(N[C@@H](CN1CC[C@@H](O)C1)c1ccccc1)C(c1ccccc1)c1ccccc1. The largest absolute Gasteiger partial charge is 0.392 e. The number of rotatable bonds is 7. The van der Waals surface area contributed by atoms with E-state index in [0.29, 0.717) is 13.1 Å². The molecule has 154 valence electrons. The number of carbonyl (C=O) groups is 1. The van der Waals surface area contributed by atoms with Crippen molar-refractivity contribution in [3.05, 3.63) is 108 Å². The molecule has 0 radical (unpaired) electrons. The third kappa shape index (κ3) is 4.96. The van der Waals surface area contributed by atoms with Crippen molar-refractivity contribution in [2.24, 2.45) is 0 Å². The standard InChI is InChI=1S/C26H28N2O2/c29-23-16-17-28(18-23)19-24(20-10-4-1-5-11-20)27-26(30)25(21-12-6-2-7-13-21)22-14-8-3-9-15-22/h1-15,23-25,29H,16-19H2,(H,27,30)/t23-,24+/m1/s1. The molecule has 4 rings (SSSR count). The van der Waals surface area contributed by atoms with Crippen molar-refractivity contribution in [2.45, 2.75) is 24.5 Å². The Labute approximate surface area is 178 Å². The number of benzene rings is 3. The third-order valence-corrected chi connectivity index (χ3v) is 5.73. The highest BCUT2D eigenvalue weighted by Crippen LogP contribution is 2.27. The molecule has 30 heavy (non-hydrogen) atoms. The van der Waals surface area contributed by atoms with Gasteiger partial charge in [-0.15, -0.1) is 0 Å². The highest BCUT2D eigenvalue weighted by atomic mass is 16.3. The van der Waals surface area contributed by atoms with Crippen molar-refractivity contribution >= 4 is 5.91 Å². The second-order valence-electron chi connectivity index (χ2n) is 7.93. The van der Waals surface area contributed by atoms with E-state index < -0.39 is 0 Å². The Balaban J connectivity index is 1.60. The van der Waals surface area contributed by atoms with Crippen LogP contribution >= 0.6 is 0 Å². The molecule has 0 unspecified atom stereocenters.